The lowest BCUT2D eigenvalue weighted by molar-refractivity contribution is 0.437. The number of hydrogen-bond donors (Lipinski definition) is 1. The molecular formula is C15H23ClFN. The van der Waals surface area contributed by atoms with Gasteiger partial charge >= 0.3 is 0 Å². The molecule has 0 fully saturated rings. The van der Waals surface area contributed by atoms with E-state index >= 15 is 0 Å². The molecule has 1 unspecified atom stereocenters. The molecule has 0 saturated carbocycles. The lowest BCUT2D eigenvalue weighted by atomic mass is 9.96. The van der Waals surface area contributed by atoms with E-state index in [1.807, 2.05) is 6.07 Å². The molecule has 0 radical (unpaired) electrons. The smallest absolute Gasteiger partial charge is 0.141 e. The van der Waals surface area contributed by atoms with Gasteiger partial charge in [-0.3, -0.25) is 0 Å². The van der Waals surface area contributed by atoms with Crippen molar-refractivity contribution in [2.45, 2.75) is 33.6 Å². The molecule has 102 valence electrons. The third-order valence-corrected chi connectivity index (χ3v) is 3.36. The fourth-order valence-corrected chi connectivity index (χ4v) is 2.14. The van der Waals surface area contributed by atoms with Crippen LogP contribution >= 0.6 is 11.6 Å². The van der Waals surface area contributed by atoms with Crippen molar-refractivity contribution in [3.8, 4) is 0 Å². The van der Waals surface area contributed by atoms with Gasteiger partial charge in [-0.05, 0) is 49.0 Å². The van der Waals surface area contributed by atoms with Crippen LogP contribution in [0.15, 0.2) is 18.2 Å². The van der Waals surface area contributed by atoms with Crippen molar-refractivity contribution in [2.24, 2.45) is 11.8 Å². The normalized spacial score (nSPS) is 13.0. The molecule has 0 amide bonds. The highest BCUT2D eigenvalue weighted by atomic mass is 35.5. The van der Waals surface area contributed by atoms with Gasteiger partial charge < -0.3 is 5.32 Å². The maximum absolute atomic E-state index is 13.1. The van der Waals surface area contributed by atoms with E-state index in [0.717, 1.165) is 31.5 Å². The van der Waals surface area contributed by atoms with Gasteiger partial charge in [-0.1, -0.05) is 44.9 Å². The van der Waals surface area contributed by atoms with Crippen molar-refractivity contribution < 1.29 is 4.39 Å². The lowest BCUT2D eigenvalue weighted by Crippen LogP contribution is -2.27. The molecule has 0 aliphatic rings. The number of hydrogen-bond acceptors (Lipinski definition) is 1. The third-order valence-electron chi connectivity index (χ3n) is 3.07. The Labute approximate surface area is 115 Å². The van der Waals surface area contributed by atoms with E-state index in [2.05, 4.69) is 26.1 Å². The van der Waals surface area contributed by atoms with E-state index in [0.29, 0.717) is 11.8 Å². The maximum atomic E-state index is 13.1. The van der Waals surface area contributed by atoms with Crippen LogP contribution in [-0.4, -0.2) is 13.1 Å². The SMILES string of the molecule is CCC(CNCC(C)C)Cc1ccc(F)c(Cl)c1. The predicted octanol–water partition coefficient (Wildman–Crippen LogP) is 4.29. The van der Waals surface area contributed by atoms with Crippen molar-refractivity contribution in [1.82, 2.24) is 5.32 Å². The minimum atomic E-state index is -0.341. The van der Waals surface area contributed by atoms with E-state index in [-0.39, 0.29) is 10.8 Å². The molecule has 0 aliphatic heterocycles. The Morgan fingerprint density at radius 1 is 1.28 bits per heavy atom. The second-order valence-electron chi connectivity index (χ2n) is 5.28. The first-order valence-corrected chi connectivity index (χ1v) is 7.05. The molecule has 1 aromatic carbocycles. The second kappa shape index (κ2) is 7.75. The van der Waals surface area contributed by atoms with Crippen LogP contribution in [0.4, 0.5) is 4.39 Å². The summed E-state index contributed by atoms with van der Waals surface area (Å²) in [6, 6.07) is 5.01. The van der Waals surface area contributed by atoms with Gasteiger partial charge in [-0.2, -0.15) is 0 Å². The van der Waals surface area contributed by atoms with Gasteiger partial charge in [0.25, 0.3) is 0 Å². The molecule has 1 N–H and O–H groups in total. The van der Waals surface area contributed by atoms with Gasteiger partial charge in [0.2, 0.25) is 0 Å². The zero-order valence-corrected chi connectivity index (χ0v) is 12.2. The molecular weight excluding hydrogens is 249 g/mol. The van der Waals surface area contributed by atoms with Gasteiger partial charge in [0.15, 0.2) is 0 Å². The van der Waals surface area contributed by atoms with Crippen LogP contribution in [0.25, 0.3) is 0 Å². The van der Waals surface area contributed by atoms with Crippen LogP contribution in [0, 0.1) is 17.7 Å². The highest BCUT2D eigenvalue weighted by Gasteiger charge is 2.09. The summed E-state index contributed by atoms with van der Waals surface area (Å²) in [5, 5.41) is 3.69. The highest BCUT2D eigenvalue weighted by molar-refractivity contribution is 6.30. The Bertz CT molecular complexity index is 366. The average molecular weight is 272 g/mol. The number of rotatable bonds is 7. The molecule has 1 aromatic rings. The Balaban J connectivity index is 2.49. The quantitative estimate of drug-likeness (QED) is 0.780. The molecule has 0 aliphatic carbocycles. The molecule has 0 saturated heterocycles. The van der Waals surface area contributed by atoms with Crippen LogP contribution in [0.3, 0.4) is 0 Å². The first-order chi connectivity index (χ1) is 8.52. The van der Waals surface area contributed by atoms with E-state index in [9.17, 15) is 4.39 Å². The van der Waals surface area contributed by atoms with Crippen molar-refractivity contribution in [3.05, 3.63) is 34.6 Å². The number of halogens is 2. The first kappa shape index (κ1) is 15.5. The zero-order valence-electron chi connectivity index (χ0n) is 11.5. The van der Waals surface area contributed by atoms with E-state index in [1.165, 1.54) is 6.07 Å². The number of benzene rings is 1. The average Bonchev–Trinajstić information content (AvgIpc) is 2.32. The molecule has 18 heavy (non-hydrogen) atoms. The van der Waals surface area contributed by atoms with Crippen molar-refractivity contribution >= 4 is 11.6 Å². The molecule has 0 bridgehead atoms. The molecule has 3 heteroatoms. The minimum Gasteiger partial charge on any atom is -0.316 e. The summed E-state index contributed by atoms with van der Waals surface area (Å²) < 4.78 is 13.1. The number of nitrogens with one attached hydrogen (secondary N) is 1. The third kappa shape index (κ3) is 5.36. The molecule has 0 aromatic heterocycles. The van der Waals surface area contributed by atoms with Crippen molar-refractivity contribution in [2.75, 3.05) is 13.1 Å². The minimum absolute atomic E-state index is 0.220. The van der Waals surface area contributed by atoms with Gasteiger partial charge in [-0.15, -0.1) is 0 Å². The predicted molar refractivity (Wildman–Crippen MR) is 76.6 cm³/mol. The van der Waals surface area contributed by atoms with Gasteiger partial charge in [0.05, 0.1) is 5.02 Å². The molecule has 0 heterocycles. The van der Waals surface area contributed by atoms with Crippen molar-refractivity contribution in [1.29, 1.82) is 0 Å². The Kier molecular flexibility index (Phi) is 6.66. The zero-order chi connectivity index (χ0) is 13.5. The topological polar surface area (TPSA) is 12.0 Å². The maximum Gasteiger partial charge on any atom is 0.141 e. The van der Waals surface area contributed by atoms with E-state index < -0.39 is 0 Å². The summed E-state index contributed by atoms with van der Waals surface area (Å²) in [6.07, 6.45) is 2.06. The van der Waals surface area contributed by atoms with Gasteiger partial charge in [0.1, 0.15) is 5.82 Å². The molecule has 1 atom stereocenters. The van der Waals surface area contributed by atoms with E-state index in [1.54, 1.807) is 6.07 Å². The van der Waals surface area contributed by atoms with Crippen LogP contribution in [-0.2, 0) is 6.42 Å². The van der Waals surface area contributed by atoms with Crippen LogP contribution in [0.2, 0.25) is 5.02 Å². The van der Waals surface area contributed by atoms with Gasteiger partial charge in [0, 0.05) is 0 Å². The summed E-state index contributed by atoms with van der Waals surface area (Å²) >= 11 is 5.80. The summed E-state index contributed by atoms with van der Waals surface area (Å²) in [5.74, 6) is 0.902. The van der Waals surface area contributed by atoms with E-state index in [4.69, 9.17) is 11.6 Å². The standard InChI is InChI=1S/C15H23ClFN/c1-4-12(10-18-9-11(2)3)7-13-5-6-15(17)14(16)8-13/h5-6,8,11-12,18H,4,7,9-10H2,1-3H3. The highest BCUT2D eigenvalue weighted by Crippen LogP contribution is 2.19. The first-order valence-electron chi connectivity index (χ1n) is 6.67. The Morgan fingerprint density at radius 2 is 2.00 bits per heavy atom. The molecule has 1 nitrogen and oxygen atoms in total. The fourth-order valence-electron chi connectivity index (χ4n) is 1.94. The van der Waals surface area contributed by atoms with Crippen LogP contribution in [0.1, 0.15) is 32.8 Å². The summed E-state index contributed by atoms with van der Waals surface area (Å²) in [5.41, 5.74) is 1.11. The van der Waals surface area contributed by atoms with Crippen LogP contribution < -0.4 is 5.32 Å². The molecule has 0 spiro atoms. The van der Waals surface area contributed by atoms with Crippen molar-refractivity contribution in [3.63, 3.8) is 0 Å². The Morgan fingerprint density at radius 3 is 2.56 bits per heavy atom. The summed E-state index contributed by atoms with van der Waals surface area (Å²) in [6.45, 7) is 8.64. The largest absolute Gasteiger partial charge is 0.316 e. The Hall–Kier alpha value is -0.600. The summed E-state index contributed by atoms with van der Waals surface area (Å²) in [4.78, 5) is 0. The van der Waals surface area contributed by atoms with Gasteiger partial charge in [-0.25, -0.2) is 4.39 Å². The second-order valence-corrected chi connectivity index (χ2v) is 5.69. The molecule has 1 rings (SSSR count). The fraction of sp³-hybridized carbons (Fsp3) is 0.600. The van der Waals surface area contributed by atoms with Crippen LogP contribution in [0.5, 0.6) is 0 Å². The summed E-state index contributed by atoms with van der Waals surface area (Å²) in [7, 11) is 0. The lowest BCUT2D eigenvalue weighted by Gasteiger charge is -2.17. The monoisotopic (exact) mass is 271 g/mol.